The molecule has 0 atom stereocenters. The molecule has 1 saturated heterocycles. The Morgan fingerprint density at radius 3 is 0.615 bits per heavy atom. The first-order valence-electron chi connectivity index (χ1n) is 2.10. The Kier molecular flexibility index (Phi) is 685. The van der Waals surface area contributed by atoms with Gasteiger partial charge in [-0.1, -0.05) is 0 Å². The van der Waals surface area contributed by atoms with Crippen molar-refractivity contribution in [2.45, 2.75) is 10.6 Å². The number of hydrogen-bond donors (Lipinski definition) is 0. The normalized spacial score (nSPS) is 7.08. The molecule has 1 fully saturated rings. The Hall–Kier alpha value is -1.12. The largest absolute Gasteiger partial charge is 0.281 e. The Bertz CT molecular complexity index is 48.5. The van der Waals surface area contributed by atoms with Crippen LogP contribution in [-0.4, -0.2) is 33.9 Å². The van der Waals surface area contributed by atoms with Crippen LogP contribution in [0.4, 0.5) is 0 Å². The van der Waals surface area contributed by atoms with Crippen LogP contribution in [0.3, 0.4) is 0 Å². The van der Waals surface area contributed by atoms with Crippen LogP contribution in [0, 0.1) is 0 Å². The van der Waals surface area contributed by atoms with Crippen LogP contribution >= 0.6 is 0 Å². The fraction of sp³-hybridized carbons (Fsp3) is 0.286. The van der Waals surface area contributed by atoms with E-state index in [0.717, 1.165) is 15.2 Å². The Balaban J connectivity index is -0.0000000201. The van der Waals surface area contributed by atoms with Gasteiger partial charge in [0.1, 0.15) is 0 Å². The summed E-state index contributed by atoms with van der Waals surface area (Å²) in [6, 6.07) is 0. The van der Waals surface area contributed by atoms with Gasteiger partial charge in [-0.3, -0.25) is 24.0 Å². The van der Waals surface area contributed by atoms with Gasteiger partial charge in [0.2, 0.25) is 0 Å². The molecule has 1 rings (SSSR count). The van der Waals surface area contributed by atoms with Gasteiger partial charge in [-0.2, -0.15) is 0 Å². The second kappa shape index (κ2) is 300. The SMILES string of the molecule is [CH2]1[CH2][Cr]1.[C]=O.[C]=O.[C]=O.[C]=O.[C]=O. The van der Waals surface area contributed by atoms with Crippen molar-refractivity contribution in [3.05, 3.63) is 0 Å². The van der Waals surface area contributed by atoms with Crippen LogP contribution in [0.2, 0.25) is 10.6 Å². The molecule has 0 N–H and O–H groups in total. The van der Waals surface area contributed by atoms with Crippen molar-refractivity contribution in [1.82, 2.24) is 0 Å². The zero-order valence-electron chi connectivity index (χ0n) is 6.36. The summed E-state index contributed by atoms with van der Waals surface area (Å²) in [7, 11) is 0. The van der Waals surface area contributed by atoms with E-state index < -0.39 is 0 Å². The van der Waals surface area contributed by atoms with E-state index in [9.17, 15) is 0 Å². The third-order valence-electron chi connectivity index (χ3n) is 0.204. The van der Waals surface area contributed by atoms with Gasteiger partial charge in [-0.15, -0.1) is 0 Å². The molecule has 0 unspecified atom stereocenters. The van der Waals surface area contributed by atoms with E-state index in [1.54, 1.807) is 10.6 Å². The second-order valence-corrected chi connectivity index (χ2v) is 2.52. The number of rotatable bonds is 0. The molecule has 1 aliphatic heterocycles. The molecule has 6 heteroatoms. The van der Waals surface area contributed by atoms with E-state index in [4.69, 9.17) is 24.0 Å². The van der Waals surface area contributed by atoms with Crippen molar-refractivity contribution in [3.63, 3.8) is 0 Å². The molecule has 0 bridgehead atoms. The summed E-state index contributed by atoms with van der Waals surface area (Å²) >= 11 is 1.12. The summed E-state index contributed by atoms with van der Waals surface area (Å²) in [4.78, 5) is 37.5. The van der Waals surface area contributed by atoms with Crippen LogP contribution in [0.5, 0.6) is 0 Å². The van der Waals surface area contributed by atoms with E-state index in [1.807, 2.05) is 0 Å². The van der Waals surface area contributed by atoms with Gasteiger partial charge in [0.15, 0.2) is 0 Å². The second-order valence-electron chi connectivity index (χ2n) is 0.612. The molecular weight excluding hydrogens is 216 g/mol. The molecule has 1 heterocycles. The summed E-state index contributed by atoms with van der Waals surface area (Å²) in [5.41, 5.74) is 0. The maximum absolute atomic E-state index is 7.50. The van der Waals surface area contributed by atoms with Crippen molar-refractivity contribution in [2.24, 2.45) is 0 Å². The summed E-state index contributed by atoms with van der Waals surface area (Å²) in [5.74, 6) is 0. The predicted octanol–water partition coefficient (Wildman–Crippen LogP) is -1.07. The third-order valence-corrected chi connectivity index (χ3v) is 0.842. The van der Waals surface area contributed by atoms with E-state index >= 15 is 0 Å². The molecule has 0 aromatic heterocycles. The zero-order valence-corrected chi connectivity index (χ0v) is 7.64. The fourth-order valence-corrected chi connectivity index (χ4v) is 0. The molecule has 13 heavy (non-hydrogen) atoms. The van der Waals surface area contributed by atoms with Crippen LogP contribution in [0.1, 0.15) is 0 Å². The molecule has 0 amide bonds. The molecule has 0 saturated carbocycles. The average Bonchev–Trinajstić information content (AvgIpc) is 3.19. The van der Waals surface area contributed by atoms with Gasteiger partial charge >= 0.3 is 25.8 Å². The predicted molar refractivity (Wildman–Crippen MR) is 38.1 cm³/mol. The van der Waals surface area contributed by atoms with Crippen LogP contribution in [-0.2, 0) is 39.2 Å². The summed E-state index contributed by atoms with van der Waals surface area (Å²) < 4.78 is 0. The zero-order chi connectivity index (χ0) is 12.1. The van der Waals surface area contributed by atoms with E-state index in [1.165, 1.54) is 0 Å². The van der Waals surface area contributed by atoms with Gasteiger partial charge in [0, 0.05) is 0 Å². The molecule has 68 valence electrons. The van der Waals surface area contributed by atoms with Crippen molar-refractivity contribution >= 4 is 33.9 Å². The molecule has 0 aromatic carbocycles. The van der Waals surface area contributed by atoms with Crippen LogP contribution < -0.4 is 0 Å². The van der Waals surface area contributed by atoms with Crippen molar-refractivity contribution in [3.8, 4) is 0 Å². The Morgan fingerprint density at radius 1 is 0.538 bits per heavy atom. The number of hydrogen-bond acceptors (Lipinski definition) is 5. The minimum absolute atomic E-state index is 1.12. The Labute approximate surface area is 84.2 Å². The quantitative estimate of drug-likeness (QED) is 0.519. The molecule has 0 aliphatic carbocycles. The molecule has 0 spiro atoms. The van der Waals surface area contributed by atoms with E-state index in [2.05, 4.69) is 33.9 Å². The average molecular weight is 220 g/mol. The minimum Gasteiger partial charge on any atom is -0.281 e. The smallest absolute Gasteiger partial charge is 0.281 e. The van der Waals surface area contributed by atoms with Gasteiger partial charge < -0.3 is 0 Å². The van der Waals surface area contributed by atoms with Crippen LogP contribution in [0.15, 0.2) is 0 Å². The van der Waals surface area contributed by atoms with Gasteiger partial charge in [0.25, 0.3) is 33.9 Å². The summed E-state index contributed by atoms with van der Waals surface area (Å²) in [6.45, 7) is 22.5. The molecule has 1 aliphatic rings. The first-order valence-corrected chi connectivity index (χ1v) is 3.90. The first kappa shape index (κ1) is 29.7. The summed E-state index contributed by atoms with van der Waals surface area (Å²) in [5, 5.41) is 3.12. The topological polar surface area (TPSA) is 85.3 Å². The summed E-state index contributed by atoms with van der Waals surface area (Å²) in [6.07, 6.45) is 0. The first-order chi connectivity index (χ1) is 6.50. The van der Waals surface area contributed by atoms with Gasteiger partial charge in [0.05, 0.1) is 0 Å². The minimum atomic E-state index is 1.12. The standard InChI is InChI=1S/C2H4.5CO.Cr/c6*1-2;/h1-2H2;;;;;;. The Morgan fingerprint density at radius 2 is 0.615 bits per heavy atom. The third kappa shape index (κ3) is 62200. The van der Waals surface area contributed by atoms with Crippen molar-refractivity contribution < 1.29 is 39.2 Å². The molecule has 0 aromatic rings. The van der Waals surface area contributed by atoms with E-state index in [-0.39, 0.29) is 0 Å². The molecule has 5 nitrogen and oxygen atoms in total. The fourth-order valence-electron chi connectivity index (χ4n) is 0. The maximum atomic E-state index is 7.50. The van der Waals surface area contributed by atoms with Crippen molar-refractivity contribution in [2.75, 3.05) is 0 Å². The van der Waals surface area contributed by atoms with Gasteiger partial charge in [-0.25, -0.2) is 0 Å². The molecule has 10 radical (unpaired) electrons. The van der Waals surface area contributed by atoms with Crippen LogP contribution in [0.25, 0.3) is 0 Å². The van der Waals surface area contributed by atoms with Crippen molar-refractivity contribution in [1.29, 1.82) is 0 Å². The maximum Gasteiger partial charge on any atom is 0.281 e. The van der Waals surface area contributed by atoms with Gasteiger partial charge in [-0.05, 0) is 0 Å². The molecular formula is C7H4CrO5. The van der Waals surface area contributed by atoms with E-state index in [0.29, 0.717) is 0 Å². The monoisotopic (exact) mass is 220 g/mol. The number of carbonyl (C=O) groups excluding carboxylic acids is 5.